The number of carbonyl (C=O) groups is 6. The van der Waals surface area contributed by atoms with Crippen molar-refractivity contribution in [3.05, 3.63) is 0 Å². The first kappa shape index (κ1) is 43.4. The van der Waals surface area contributed by atoms with Crippen LogP contribution < -0.4 is 5.32 Å². The van der Waals surface area contributed by atoms with Gasteiger partial charge in [-0.2, -0.15) is 0 Å². The molecule has 0 aromatic heterocycles. The molecule has 3 atom stereocenters. The fourth-order valence-electron chi connectivity index (χ4n) is 5.98. The Morgan fingerprint density at radius 3 is 1.44 bits per heavy atom. The van der Waals surface area contributed by atoms with Crippen molar-refractivity contribution in [2.24, 2.45) is 11.8 Å². The smallest absolute Gasteiger partial charge is 0.475 e. The first-order valence-corrected chi connectivity index (χ1v) is 16.1. The van der Waals surface area contributed by atoms with Gasteiger partial charge in [0.05, 0.1) is 32.1 Å². The van der Waals surface area contributed by atoms with Gasteiger partial charge in [-0.15, -0.1) is 0 Å². The van der Waals surface area contributed by atoms with Gasteiger partial charge in [-0.25, -0.2) is 0 Å². The summed E-state index contributed by atoms with van der Waals surface area (Å²) in [5, 5.41) is 50.1. The number of nitrogens with one attached hydrogen (secondary N) is 1. The van der Waals surface area contributed by atoms with Crippen molar-refractivity contribution in [1.82, 2.24) is 29.8 Å². The molecule has 1 radical (unpaired) electrons. The third kappa shape index (κ3) is 15.3. The van der Waals surface area contributed by atoms with Crippen LogP contribution in [0.4, 0.5) is 0 Å². The largest absolute Gasteiger partial charge is 0.480 e. The molecule has 0 aromatic carbocycles. The third-order valence-corrected chi connectivity index (χ3v) is 8.65. The summed E-state index contributed by atoms with van der Waals surface area (Å²) in [6, 6.07) is -0.944. The molecule has 17 nitrogen and oxygen atoms in total. The van der Waals surface area contributed by atoms with Crippen LogP contribution in [0.1, 0.15) is 40.0 Å². The molecule has 0 unspecified atom stereocenters. The minimum atomic E-state index is -1.68. The number of amides is 2. The second kappa shape index (κ2) is 21.5. The summed E-state index contributed by atoms with van der Waals surface area (Å²) in [6.45, 7) is 6.62. The van der Waals surface area contributed by atoms with Crippen LogP contribution in [0.2, 0.25) is 0 Å². The van der Waals surface area contributed by atoms with Crippen LogP contribution in [-0.2, 0) is 45.8 Å². The molecular weight excluding hydrogens is 683 g/mol. The van der Waals surface area contributed by atoms with Gasteiger partial charge in [0, 0.05) is 88.3 Å². The molecule has 2 heterocycles. The number of carbonyl (C=O) groups excluding carboxylic acids is 3. The number of aliphatic carboxylic acids is 3. The number of hydrogen-bond acceptors (Lipinski definition) is 12. The summed E-state index contributed by atoms with van der Waals surface area (Å²) in [4.78, 5) is 82.2. The maximum absolute atomic E-state index is 13.4. The standard InChI is InChI=1S/C29H51BN6O11.Cu/c1-20(2)23(28(44)31-21(3)29(45)36-6-4-5-24(36)30(46)47)15-22(37)16-32-7-9-33(17-25(38)39)11-13-35(19-27(42)43)14-12-34(10-8-32)18-26(40)41;/h20-21,23-24,46-47H,4-19H2,1-3H3,(H,31,44)(H,38,39)(H,40,41)(H,42,43);/t21-,23+,24+;/m1./s1. The monoisotopic (exact) mass is 733 g/mol. The SMILES string of the molecule is CC(C)[C@H](CC(=O)CN1CCN(CC(=O)O)CCN(CC(=O)O)CCN(CC(=O)O)CC1)C(=O)N[C@H](C)C(=O)N1CCC[C@H]1B(O)O.[Cu]. The van der Waals surface area contributed by atoms with E-state index in [2.05, 4.69) is 5.32 Å². The fraction of sp³-hybridized carbons (Fsp3) is 0.793. The summed E-state index contributed by atoms with van der Waals surface area (Å²) in [7, 11) is -1.68. The second-order valence-corrected chi connectivity index (χ2v) is 12.8. The van der Waals surface area contributed by atoms with Crippen molar-refractivity contribution in [2.75, 3.05) is 85.1 Å². The molecule has 2 saturated heterocycles. The van der Waals surface area contributed by atoms with Crippen LogP contribution in [0.15, 0.2) is 0 Å². The molecular formula is C29H51BCuN6O11. The Labute approximate surface area is 292 Å². The predicted molar refractivity (Wildman–Crippen MR) is 169 cm³/mol. The van der Waals surface area contributed by atoms with Gasteiger partial charge in [-0.3, -0.25) is 48.4 Å². The molecule has 277 valence electrons. The van der Waals surface area contributed by atoms with E-state index in [1.807, 2.05) is 0 Å². The molecule has 2 aliphatic rings. The summed E-state index contributed by atoms with van der Waals surface area (Å²) in [5.41, 5.74) is 0. The van der Waals surface area contributed by atoms with E-state index in [1.54, 1.807) is 33.4 Å². The average molecular weight is 734 g/mol. The summed E-state index contributed by atoms with van der Waals surface area (Å²) < 4.78 is 0. The van der Waals surface area contributed by atoms with Crippen LogP contribution in [0.25, 0.3) is 0 Å². The first-order valence-electron chi connectivity index (χ1n) is 16.1. The van der Waals surface area contributed by atoms with Crippen LogP contribution in [-0.4, -0.2) is 190 Å². The number of likely N-dealkylation sites (tertiary alicyclic amines) is 1. The Kier molecular flexibility index (Phi) is 19.4. The second-order valence-electron chi connectivity index (χ2n) is 12.8. The van der Waals surface area contributed by atoms with Crippen molar-refractivity contribution >= 4 is 42.6 Å². The zero-order chi connectivity index (χ0) is 35.3. The Morgan fingerprint density at radius 2 is 1.08 bits per heavy atom. The van der Waals surface area contributed by atoms with Gasteiger partial charge in [-0.1, -0.05) is 13.8 Å². The maximum atomic E-state index is 13.4. The average Bonchev–Trinajstić information content (AvgIpc) is 3.46. The van der Waals surface area contributed by atoms with E-state index < -0.39 is 54.7 Å². The molecule has 48 heavy (non-hydrogen) atoms. The van der Waals surface area contributed by atoms with Gasteiger partial charge in [0.25, 0.3) is 0 Å². The molecule has 0 bridgehead atoms. The van der Waals surface area contributed by atoms with Crippen molar-refractivity contribution in [1.29, 1.82) is 0 Å². The van der Waals surface area contributed by atoms with Crippen LogP contribution in [0.3, 0.4) is 0 Å². The number of Topliss-reactive ketones (excluding diaryl/α,β-unsaturated/α-hetero) is 1. The zero-order valence-electron chi connectivity index (χ0n) is 27.9. The van der Waals surface area contributed by atoms with Gasteiger partial charge in [0.2, 0.25) is 11.8 Å². The minimum Gasteiger partial charge on any atom is -0.480 e. The Balaban J connectivity index is 0.0000115. The molecule has 2 amide bonds. The molecule has 6 N–H and O–H groups in total. The number of carboxylic acid groups (broad SMARTS) is 3. The van der Waals surface area contributed by atoms with E-state index >= 15 is 0 Å². The number of ketones is 1. The fourth-order valence-corrected chi connectivity index (χ4v) is 5.98. The molecule has 2 rings (SSSR count). The summed E-state index contributed by atoms with van der Waals surface area (Å²) in [6.07, 6.45) is 0.930. The Morgan fingerprint density at radius 1 is 0.688 bits per heavy atom. The Bertz CT molecular complexity index is 1070. The predicted octanol–water partition coefficient (Wildman–Crippen LogP) is -2.80. The summed E-state index contributed by atoms with van der Waals surface area (Å²) >= 11 is 0. The number of rotatable bonds is 15. The topological polar surface area (TPSA) is 232 Å². The van der Waals surface area contributed by atoms with Crippen molar-refractivity contribution in [3.63, 3.8) is 0 Å². The van der Waals surface area contributed by atoms with E-state index in [-0.39, 0.29) is 114 Å². The van der Waals surface area contributed by atoms with Crippen molar-refractivity contribution in [2.45, 2.75) is 52.0 Å². The van der Waals surface area contributed by atoms with Crippen LogP contribution in [0, 0.1) is 11.8 Å². The van der Waals surface area contributed by atoms with Gasteiger partial charge in [0.1, 0.15) is 11.8 Å². The van der Waals surface area contributed by atoms with Crippen LogP contribution in [0.5, 0.6) is 0 Å². The molecule has 0 spiro atoms. The van der Waals surface area contributed by atoms with E-state index in [1.165, 1.54) is 11.8 Å². The zero-order valence-corrected chi connectivity index (χ0v) is 28.9. The molecule has 0 aliphatic carbocycles. The molecule has 0 aromatic rings. The molecule has 19 heteroatoms. The van der Waals surface area contributed by atoms with Gasteiger partial charge < -0.3 is 35.6 Å². The van der Waals surface area contributed by atoms with Gasteiger partial charge >= 0.3 is 25.0 Å². The van der Waals surface area contributed by atoms with E-state index in [0.717, 1.165) is 0 Å². The first-order chi connectivity index (χ1) is 22.1. The molecule has 2 aliphatic heterocycles. The third-order valence-electron chi connectivity index (χ3n) is 8.65. The summed E-state index contributed by atoms with van der Waals surface area (Å²) in [5.74, 6) is -6.08. The molecule has 2 fully saturated rings. The van der Waals surface area contributed by atoms with Crippen molar-refractivity contribution in [3.8, 4) is 0 Å². The maximum Gasteiger partial charge on any atom is 0.475 e. The van der Waals surface area contributed by atoms with Crippen molar-refractivity contribution < 1.29 is 71.2 Å². The van der Waals surface area contributed by atoms with Gasteiger partial charge in [0.15, 0.2) is 0 Å². The normalized spacial score (nSPS) is 20.5. The quantitative estimate of drug-likeness (QED) is 0.0934. The molecule has 0 saturated carbocycles. The number of nitrogens with zero attached hydrogens (tertiary/aromatic N) is 5. The van der Waals surface area contributed by atoms with E-state index in [9.17, 15) is 54.1 Å². The number of carboxylic acids is 3. The van der Waals surface area contributed by atoms with Gasteiger partial charge in [-0.05, 0) is 25.7 Å². The minimum absolute atomic E-state index is 0. The number of hydrogen-bond donors (Lipinski definition) is 6. The van der Waals surface area contributed by atoms with E-state index in [0.29, 0.717) is 19.4 Å². The Hall–Kier alpha value is -2.64. The van der Waals surface area contributed by atoms with E-state index in [4.69, 9.17) is 0 Å². The van der Waals surface area contributed by atoms with Crippen LogP contribution >= 0.6 is 0 Å².